The lowest BCUT2D eigenvalue weighted by Gasteiger charge is -2.29. The predicted octanol–water partition coefficient (Wildman–Crippen LogP) is 5.64. The van der Waals surface area contributed by atoms with E-state index in [4.69, 9.17) is 23.7 Å². The SMILES string of the molecule is COc1ccc(C2CC(=O)Oc3cc4c(c(OC)c32)C(=O)O[C@@H](C)CCCC(=O)CCC/C=C/4)c(OC)c1. The van der Waals surface area contributed by atoms with Crippen LogP contribution >= 0.6 is 0 Å². The fourth-order valence-electron chi connectivity index (χ4n) is 5.08. The summed E-state index contributed by atoms with van der Waals surface area (Å²) in [7, 11) is 4.61. The molecule has 0 fully saturated rings. The molecule has 0 aromatic heterocycles. The zero-order chi connectivity index (χ0) is 27.2. The number of carbonyl (C=O) groups is 3. The maximum Gasteiger partial charge on any atom is 0.342 e. The largest absolute Gasteiger partial charge is 0.497 e. The number of carbonyl (C=O) groups excluding carboxylic acids is 3. The summed E-state index contributed by atoms with van der Waals surface area (Å²) in [6.07, 6.45) is 7.00. The molecule has 8 nitrogen and oxygen atoms in total. The van der Waals surface area contributed by atoms with Crippen molar-refractivity contribution in [2.75, 3.05) is 21.3 Å². The number of ether oxygens (including phenoxy) is 5. The molecule has 2 aliphatic rings. The molecule has 0 saturated carbocycles. The van der Waals surface area contributed by atoms with Gasteiger partial charge in [-0.05, 0) is 50.3 Å². The molecule has 0 saturated heterocycles. The Morgan fingerprint density at radius 2 is 1.74 bits per heavy atom. The highest BCUT2D eigenvalue weighted by molar-refractivity contribution is 5.99. The van der Waals surface area contributed by atoms with Crippen molar-refractivity contribution in [3.8, 4) is 23.0 Å². The van der Waals surface area contributed by atoms with Gasteiger partial charge in [0.1, 0.15) is 34.3 Å². The third-order valence-electron chi connectivity index (χ3n) is 6.98. The van der Waals surface area contributed by atoms with Gasteiger partial charge in [-0.25, -0.2) is 4.79 Å². The van der Waals surface area contributed by atoms with E-state index in [1.54, 1.807) is 38.5 Å². The lowest BCUT2D eigenvalue weighted by Crippen LogP contribution is -2.24. The van der Waals surface area contributed by atoms with Gasteiger partial charge < -0.3 is 23.7 Å². The van der Waals surface area contributed by atoms with Crippen LogP contribution < -0.4 is 18.9 Å². The van der Waals surface area contributed by atoms with E-state index < -0.39 is 17.9 Å². The first-order chi connectivity index (χ1) is 18.4. The van der Waals surface area contributed by atoms with Crippen LogP contribution in [0.4, 0.5) is 0 Å². The summed E-state index contributed by atoms with van der Waals surface area (Å²) >= 11 is 0. The summed E-state index contributed by atoms with van der Waals surface area (Å²) in [5, 5.41) is 0. The zero-order valence-corrected chi connectivity index (χ0v) is 22.3. The van der Waals surface area contributed by atoms with Crippen LogP contribution in [0.3, 0.4) is 0 Å². The Labute approximate surface area is 222 Å². The molecule has 2 aromatic carbocycles. The van der Waals surface area contributed by atoms with E-state index in [0.717, 1.165) is 12.0 Å². The number of methoxy groups -OCH3 is 3. The fraction of sp³-hybridized carbons (Fsp3) is 0.433. The van der Waals surface area contributed by atoms with Gasteiger partial charge >= 0.3 is 11.9 Å². The summed E-state index contributed by atoms with van der Waals surface area (Å²) in [5.74, 6) is 0.586. The van der Waals surface area contributed by atoms with Crippen LogP contribution in [0.1, 0.15) is 84.8 Å². The Balaban J connectivity index is 1.88. The number of cyclic esters (lactones) is 1. The smallest absolute Gasteiger partial charge is 0.342 e. The molecule has 0 amide bonds. The maximum atomic E-state index is 13.6. The van der Waals surface area contributed by atoms with Crippen molar-refractivity contribution in [2.24, 2.45) is 0 Å². The van der Waals surface area contributed by atoms with Crippen molar-refractivity contribution >= 4 is 23.8 Å². The molecule has 202 valence electrons. The Morgan fingerprint density at radius 1 is 0.947 bits per heavy atom. The molecule has 0 N–H and O–H groups in total. The minimum Gasteiger partial charge on any atom is -0.497 e. The Bertz CT molecular complexity index is 1250. The van der Waals surface area contributed by atoms with Crippen LogP contribution in [0.25, 0.3) is 6.08 Å². The van der Waals surface area contributed by atoms with E-state index in [1.165, 1.54) is 7.11 Å². The van der Waals surface area contributed by atoms with E-state index in [0.29, 0.717) is 66.2 Å². The van der Waals surface area contributed by atoms with Crippen LogP contribution in [0.2, 0.25) is 0 Å². The number of Topliss-reactive ketones (excluding diaryl/α,β-unsaturated/α-hetero) is 1. The Kier molecular flexibility index (Phi) is 8.71. The van der Waals surface area contributed by atoms with E-state index in [1.807, 2.05) is 19.1 Å². The molecular weight excluding hydrogens is 488 g/mol. The molecule has 2 heterocycles. The quantitative estimate of drug-likeness (QED) is 0.376. The molecule has 0 radical (unpaired) electrons. The van der Waals surface area contributed by atoms with Gasteiger partial charge in [0, 0.05) is 36.0 Å². The lowest BCUT2D eigenvalue weighted by atomic mass is 9.83. The average Bonchev–Trinajstić information content (AvgIpc) is 2.90. The predicted molar refractivity (Wildman–Crippen MR) is 141 cm³/mol. The topological polar surface area (TPSA) is 97.4 Å². The Hall–Kier alpha value is -3.81. The van der Waals surface area contributed by atoms with Crippen molar-refractivity contribution in [3.05, 3.63) is 52.6 Å². The molecule has 38 heavy (non-hydrogen) atoms. The molecule has 0 aliphatic carbocycles. The monoisotopic (exact) mass is 522 g/mol. The van der Waals surface area contributed by atoms with Crippen molar-refractivity contribution in [1.82, 2.24) is 0 Å². The molecule has 1 unspecified atom stereocenters. The third-order valence-corrected chi connectivity index (χ3v) is 6.98. The lowest BCUT2D eigenvalue weighted by molar-refractivity contribution is -0.135. The summed E-state index contributed by atoms with van der Waals surface area (Å²) in [5.41, 5.74) is 2.13. The normalized spacial score (nSPS) is 21.2. The van der Waals surface area contributed by atoms with Gasteiger partial charge in [-0.3, -0.25) is 9.59 Å². The molecular formula is C30H34O8. The number of benzene rings is 2. The minimum absolute atomic E-state index is 0.0418. The first kappa shape index (κ1) is 27.2. The van der Waals surface area contributed by atoms with Gasteiger partial charge in [0.15, 0.2) is 0 Å². The van der Waals surface area contributed by atoms with Crippen LogP contribution in [0.5, 0.6) is 23.0 Å². The van der Waals surface area contributed by atoms with Gasteiger partial charge in [0.25, 0.3) is 0 Å². The van der Waals surface area contributed by atoms with Crippen LogP contribution in [0.15, 0.2) is 30.3 Å². The Morgan fingerprint density at radius 3 is 2.47 bits per heavy atom. The second-order valence-corrected chi connectivity index (χ2v) is 9.57. The molecule has 0 bridgehead atoms. The third kappa shape index (κ3) is 5.85. The standard InChI is InChI=1S/C30H34O8/c1-18-9-8-12-20(31)11-7-5-6-10-19-15-25-28(29(36-4)27(19)30(33)37-18)23(17-26(32)38-25)22-14-13-21(34-2)16-24(22)35-3/h6,10,13-16,18,23H,5,7-9,11-12,17H2,1-4H3/b10-6+/t18-,23?/m0/s1. The van der Waals surface area contributed by atoms with Crippen molar-refractivity contribution in [3.63, 3.8) is 0 Å². The minimum atomic E-state index is -0.530. The number of ketones is 1. The number of hydrogen-bond donors (Lipinski definition) is 0. The summed E-state index contributed by atoms with van der Waals surface area (Å²) in [6.45, 7) is 1.82. The van der Waals surface area contributed by atoms with Gasteiger partial charge in [0.05, 0.1) is 33.9 Å². The summed E-state index contributed by atoms with van der Waals surface area (Å²) < 4.78 is 28.3. The van der Waals surface area contributed by atoms with E-state index in [-0.39, 0.29) is 23.9 Å². The average molecular weight is 523 g/mol. The van der Waals surface area contributed by atoms with Crippen molar-refractivity contribution < 1.29 is 38.1 Å². The van der Waals surface area contributed by atoms with Crippen LogP contribution in [0, 0.1) is 0 Å². The number of esters is 2. The van der Waals surface area contributed by atoms with Crippen molar-refractivity contribution in [2.45, 2.75) is 63.9 Å². The van der Waals surface area contributed by atoms with Crippen LogP contribution in [-0.2, 0) is 14.3 Å². The first-order valence-corrected chi connectivity index (χ1v) is 12.9. The number of fused-ring (bicyclic) bond motifs is 2. The molecule has 2 atom stereocenters. The van der Waals surface area contributed by atoms with E-state index >= 15 is 0 Å². The molecule has 4 rings (SSSR count). The van der Waals surface area contributed by atoms with E-state index in [9.17, 15) is 14.4 Å². The van der Waals surface area contributed by atoms with Gasteiger partial charge in [-0.1, -0.05) is 18.2 Å². The molecule has 0 spiro atoms. The second kappa shape index (κ2) is 12.2. The summed E-state index contributed by atoms with van der Waals surface area (Å²) in [6, 6.07) is 7.08. The maximum absolute atomic E-state index is 13.6. The molecule has 2 aromatic rings. The highest BCUT2D eigenvalue weighted by atomic mass is 16.5. The summed E-state index contributed by atoms with van der Waals surface area (Å²) in [4.78, 5) is 38.4. The number of rotatable bonds is 4. The zero-order valence-electron chi connectivity index (χ0n) is 22.3. The van der Waals surface area contributed by atoms with Gasteiger partial charge in [0.2, 0.25) is 0 Å². The number of allylic oxidation sites excluding steroid dienone is 1. The number of hydrogen-bond acceptors (Lipinski definition) is 8. The highest BCUT2D eigenvalue weighted by Crippen LogP contribution is 2.49. The first-order valence-electron chi connectivity index (χ1n) is 12.9. The van der Waals surface area contributed by atoms with Crippen molar-refractivity contribution in [1.29, 1.82) is 0 Å². The van der Waals surface area contributed by atoms with Crippen LogP contribution in [-0.4, -0.2) is 45.2 Å². The second-order valence-electron chi connectivity index (χ2n) is 9.57. The molecule has 2 aliphatic heterocycles. The van der Waals surface area contributed by atoms with E-state index in [2.05, 4.69) is 0 Å². The highest BCUT2D eigenvalue weighted by Gasteiger charge is 2.37. The van der Waals surface area contributed by atoms with Gasteiger partial charge in [-0.15, -0.1) is 0 Å². The fourth-order valence-corrected chi connectivity index (χ4v) is 5.08. The van der Waals surface area contributed by atoms with Gasteiger partial charge in [-0.2, -0.15) is 0 Å². The molecule has 8 heteroatoms.